The summed E-state index contributed by atoms with van der Waals surface area (Å²) >= 11 is 1.51. The minimum atomic E-state index is 0.191. The van der Waals surface area contributed by atoms with Crippen LogP contribution in [0.1, 0.15) is 39.0 Å². The molecule has 0 radical (unpaired) electrons. The lowest BCUT2D eigenvalue weighted by molar-refractivity contribution is 0.329. The number of hydrogen-bond acceptors (Lipinski definition) is 6. The zero-order valence-corrected chi connectivity index (χ0v) is 20.8. The molecule has 6 heteroatoms. The van der Waals surface area contributed by atoms with Gasteiger partial charge in [0, 0.05) is 29.3 Å². The standard InChI is InChI=1S/C29H31NO4S/c1-2-3-4-5-16-30-17-7-18-33-24-11-13-25(14-12-24)34-28-26-15-10-23(32)20-27(26)35-29(28)21-8-6-9-22(31)19-21/h6,8-15,17,19-20,31-32H,2-5,7,16,18H2,1H3. The quantitative estimate of drug-likeness (QED) is 0.155. The van der Waals surface area contributed by atoms with Crippen LogP contribution in [0.15, 0.2) is 71.7 Å². The average Bonchev–Trinajstić information content (AvgIpc) is 3.21. The second-order valence-electron chi connectivity index (χ2n) is 8.35. The van der Waals surface area contributed by atoms with Gasteiger partial charge in [-0.3, -0.25) is 4.99 Å². The molecule has 0 fully saturated rings. The minimum Gasteiger partial charge on any atom is -0.508 e. The van der Waals surface area contributed by atoms with Gasteiger partial charge >= 0.3 is 0 Å². The molecule has 4 aromatic rings. The van der Waals surface area contributed by atoms with Gasteiger partial charge in [-0.05, 0) is 66.6 Å². The summed E-state index contributed by atoms with van der Waals surface area (Å²) in [5.41, 5.74) is 0.854. The maximum atomic E-state index is 9.97. The molecule has 1 heterocycles. The first-order valence-electron chi connectivity index (χ1n) is 12.1. The van der Waals surface area contributed by atoms with Crippen LogP contribution in [0.25, 0.3) is 20.5 Å². The summed E-state index contributed by atoms with van der Waals surface area (Å²) in [6, 6.07) is 19.9. The second kappa shape index (κ2) is 12.3. The van der Waals surface area contributed by atoms with Crippen LogP contribution in [0.2, 0.25) is 0 Å². The lowest BCUT2D eigenvalue weighted by atomic mass is 10.1. The first-order chi connectivity index (χ1) is 17.1. The molecule has 0 aliphatic carbocycles. The Hall–Kier alpha value is -3.51. The summed E-state index contributed by atoms with van der Waals surface area (Å²) in [4.78, 5) is 5.33. The van der Waals surface area contributed by atoms with Crippen molar-refractivity contribution in [1.82, 2.24) is 0 Å². The first-order valence-corrected chi connectivity index (χ1v) is 12.9. The number of hydrogen-bond donors (Lipinski definition) is 2. The maximum Gasteiger partial charge on any atom is 0.153 e. The summed E-state index contributed by atoms with van der Waals surface area (Å²) in [7, 11) is 0. The smallest absolute Gasteiger partial charge is 0.153 e. The molecule has 0 saturated carbocycles. The normalized spacial score (nSPS) is 11.3. The van der Waals surface area contributed by atoms with Gasteiger partial charge in [0.05, 0.1) is 11.5 Å². The highest BCUT2D eigenvalue weighted by molar-refractivity contribution is 7.22. The number of aromatic hydroxyl groups is 2. The highest BCUT2D eigenvalue weighted by atomic mass is 32.1. The number of rotatable bonds is 12. The van der Waals surface area contributed by atoms with Crippen molar-refractivity contribution in [1.29, 1.82) is 0 Å². The van der Waals surface area contributed by atoms with Crippen molar-refractivity contribution in [3.05, 3.63) is 66.7 Å². The second-order valence-corrected chi connectivity index (χ2v) is 9.40. The fourth-order valence-electron chi connectivity index (χ4n) is 3.76. The zero-order valence-electron chi connectivity index (χ0n) is 19.9. The van der Waals surface area contributed by atoms with Crippen molar-refractivity contribution in [3.8, 4) is 39.2 Å². The third-order valence-corrected chi connectivity index (χ3v) is 6.75. The minimum absolute atomic E-state index is 0.191. The molecule has 0 unspecified atom stereocenters. The van der Waals surface area contributed by atoms with Crippen LogP contribution in [0.3, 0.4) is 0 Å². The largest absolute Gasteiger partial charge is 0.508 e. The lowest BCUT2D eigenvalue weighted by Crippen LogP contribution is -1.98. The lowest BCUT2D eigenvalue weighted by Gasteiger charge is -2.10. The molecule has 5 nitrogen and oxygen atoms in total. The van der Waals surface area contributed by atoms with Crippen molar-refractivity contribution in [2.75, 3.05) is 13.2 Å². The van der Waals surface area contributed by atoms with Gasteiger partial charge in [0.15, 0.2) is 5.75 Å². The topological polar surface area (TPSA) is 71.3 Å². The molecule has 0 atom stereocenters. The van der Waals surface area contributed by atoms with E-state index in [9.17, 15) is 10.2 Å². The van der Waals surface area contributed by atoms with Crippen molar-refractivity contribution >= 4 is 27.6 Å². The van der Waals surface area contributed by atoms with Crippen LogP contribution < -0.4 is 9.47 Å². The number of phenolic OH excluding ortho intramolecular Hbond substituents is 2. The van der Waals surface area contributed by atoms with Crippen molar-refractivity contribution in [2.45, 2.75) is 39.0 Å². The molecule has 182 valence electrons. The predicted molar refractivity (Wildman–Crippen MR) is 145 cm³/mol. The highest BCUT2D eigenvalue weighted by Gasteiger charge is 2.17. The molecule has 0 aliphatic heterocycles. The summed E-state index contributed by atoms with van der Waals surface area (Å²) in [6.45, 7) is 3.69. The third kappa shape index (κ3) is 6.76. The molecule has 2 N–H and O–H groups in total. The van der Waals surface area contributed by atoms with E-state index in [4.69, 9.17) is 9.47 Å². The van der Waals surface area contributed by atoms with Gasteiger partial charge in [-0.2, -0.15) is 0 Å². The van der Waals surface area contributed by atoms with E-state index >= 15 is 0 Å². The maximum absolute atomic E-state index is 9.97. The van der Waals surface area contributed by atoms with Crippen LogP contribution >= 0.6 is 11.3 Å². The Morgan fingerprint density at radius 2 is 1.69 bits per heavy atom. The summed E-state index contributed by atoms with van der Waals surface area (Å²) < 4.78 is 13.1. The van der Waals surface area contributed by atoms with Gasteiger partial charge in [-0.25, -0.2) is 0 Å². The summed E-state index contributed by atoms with van der Waals surface area (Å²) in [5, 5.41) is 20.8. The Morgan fingerprint density at radius 3 is 2.49 bits per heavy atom. The number of thiophene rings is 1. The van der Waals surface area contributed by atoms with Gasteiger partial charge in [-0.15, -0.1) is 11.3 Å². The van der Waals surface area contributed by atoms with Crippen LogP contribution in [0.5, 0.6) is 28.7 Å². The number of ether oxygens (including phenoxy) is 2. The Kier molecular flexibility index (Phi) is 8.63. The molecule has 0 bridgehead atoms. The van der Waals surface area contributed by atoms with Crippen molar-refractivity contribution in [3.63, 3.8) is 0 Å². The molecule has 4 rings (SSSR count). The molecule has 3 aromatic carbocycles. The predicted octanol–water partition coefficient (Wildman–Crippen LogP) is 8.19. The molecule has 0 saturated heterocycles. The molecule has 0 aliphatic rings. The van der Waals surface area contributed by atoms with Gasteiger partial charge < -0.3 is 19.7 Å². The number of phenols is 2. The van der Waals surface area contributed by atoms with Crippen molar-refractivity contribution < 1.29 is 19.7 Å². The van der Waals surface area contributed by atoms with E-state index in [2.05, 4.69) is 11.9 Å². The van der Waals surface area contributed by atoms with Crippen molar-refractivity contribution in [2.24, 2.45) is 4.99 Å². The Labute approximate surface area is 210 Å². The summed E-state index contributed by atoms with van der Waals surface area (Å²) in [6.07, 6.45) is 7.66. The fraction of sp³-hybridized carbons (Fsp3) is 0.276. The van der Waals surface area contributed by atoms with E-state index in [1.807, 2.05) is 42.6 Å². The van der Waals surface area contributed by atoms with Crippen LogP contribution in [-0.2, 0) is 0 Å². The average molecular weight is 490 g/mol. The Balaban J connectivity index is 1.41. The Morgan fingerprint density at radius 1 is 0.886 bits per heavy atom. The van der Waals surface area contributed by atoms with Gasteiger partial charge in [0.2, 0.25) is 0 Å². The van der Waals surface area contributed by atoms with E-state index in [0.717, 1.165) is 45.7 Å². The Bertz CT molecular complexity index is 1260. The molecular weight excluding hydrogens is 458 g/mol. The van der Waals surface area contributed by atoms with E-state index in [-0.39, 0.29) is 11.5 Å². The highest BCUT2D eigenvalue weighted by Crippen LogP contribution is 2.47. The molecule has 0 amide bonds. The van der Waals surface area contributed by atoms with Crippen LogP contribution in [0.4, 0.5) is 0 Å². The molecule has 35 heavy (non-hydrogen) atoms. The van der Waals surface area contributed by atoms with Gasteiger partial charge in [0.1, 0.15) is 23.0 Å². The van der Waals surface area contributed by atoms with Gasteiger partial charge in [0.25, 0.3) is 0 Å². The zero-order chi connectivity index (χ0) is 24.5. The molecule has 1 aromatic heterocycles. The van der Waals surface area contributed by atoms with Gasteiger partial charge in [-0.1, -0.05) is 38.3 Å². The van der Waals surface area contributed by atoms with E-state index in [0.29, 0.717) is 18.1 Å². The monoisotopic (exact) mass is 489 g/mol. The van der Waals surface area contributed by atoms with Crippen LogP contribution in [0, 0.1) is 0 Å². The van der Waals surface area contributed by atoms with Crippen LogP contribution in [-0.4, -0.2) is 29.6 Å². The number of aliphatic imine (C=N–C) groups is 1. The summed E-state index contributed by atoms with van der Waals surface area (Å²) in [5.74, 6) is 2.55. The van der Waals surface area contributed by atoms with E-state index < -0.39 is 0 Å². The fourth-order valence-corrected chi connectivity index (χ4v) is 4.92. The third-order valence-electron chi connectivity index (χ3n) is 5.57. The SMILES string of the molecule is CCCCCCN=CCCOc1ccc(Oc2c(-c3cccc(O)c3)sc3cc(O)ccc23)cc1. The van der Waals surface area contributed by atoms with E-state index in [1.165, 1.54) is 30.6 Å². The number of benzene rings is 3. The number of unbranched alkanes of at least 4 members (excludes halogenated alkanes) is 3. The molecular formula is C29H31NO4S. The number of fused-ring (bicyclic) bond motifs is 1. The molecule has 0 spiro atoms. The first kappa shape index (κ1) is 24.6. The van der Waals surface area contributed by atoms with E-state index in [1.54, 1.807) is 30.3 Å². The number of nitrogens with zero attached hydrogens (tertiary/aromatic N) is 1.